The quantitative estimate of drug-likeness (QED) is 0.0275. The Bertz CT molecular complexity index is 1330. The first-order chi connectivity index (χ1) is 32.3. The lowest BCUT2D eigenvalue weighted by molar-refractivity contribution is -0.159. The molecule has 0 aromatic rings. The maximum Gasteiger partial charge on any atom is 0.306 e. The van der Waals surface area contributed by atoms with Gasteiger partial charge in [-0.15, -0.1) is 0 Å². The van der Waals surface area contributed by atoms with Crippen molar-refractivity contribution in [2.45, 2.75) is 245 Å². The molecule has 2 unspecified atom stereocenters. The van der Waals surface area contributed by atoms with Crippen LogP contribution in [0.15, 0.2) is 72.9 Å². The van der Waals surface area contributed by atoms with Crippen LogP contribution in [0.5, 0.6) is 0 Å². The van der Waals surface area contributed by atoms with E-state index in [4.69, 9.17) is 18.9 Å². The molecule has 0 bridgehead atoms. The monoisotopic (exact) mass is 925 g/mol. The third-order valence-corrected chi connectivity index (χ3v) is 11.1. The number of unbranched alkanes of at least 4 members (excludes halogenated alkanes) is 19. The van der Waals surface area contributed by atoms with E-state index in [1.165, 1.54) is 19.3 Å². The summed E-state index contributed by atoms with van der Waals surface area (Å²) in [4.78, 5) is 48.3. The van der Waals surface area contributed by atoms with Crippen molar-refractivity contribution in [1.29, 1.82) is 0 Å². The van der Waals surface area contributed by atoms with E-state index < -0.39 is 6.10 Å². The minimum atomic E-state index is -0.987. The van der Waals surface area contributed by atoms with Crippen LogP contribution in [0.2, 0.25) is 0 Å². The molecule has 0 amide bonds. The normalized spacial score (nSPS) is 13.0. The standard InChI is InChI=1S/C57H96O9/c1-4-7-9-11-12-13-14-15-22-27-30-33-36-40-44-48-57(62)66-53(6-3)51-65-56(61)47-43-39-35-32-29-26-24-21-19-17-16-18-20-23-25-28-31-34-38-42-46-55(60)64-50-52(58)49-63-54(59)45-41-37-10-8-5-2/h7,9,12-13,15-17,20-24,52-53,58H,4-6,8,10-11,14,18-19,25-51H2,1-3H3/b9-7-,13-12-,17-16?,22-15-,23-20-,24-21-. The third kappa shape index (κ3) is 48.2. The first kappa shape index (κ1) is 62.3. The molecule has 0 saturated carbocycles. The smallest absolute Gasteiger partial charge is 0.306 e. The van der Waals surface area contributed by atoms with Gasteiger partial charge >= 0.3 is 23.9 Å². The Kier molecular flexibility index (Phi) is 47.8. The van der Waals surface area contributed by atoms with Crippen molar-refractivity contribution in [2.75, 3.05) is 19.8 Å². The Labute approximate surface area is 403 Å². The van der Waals surface area contributed by atoms with Gasteiger partial charge in [-0.05, 0) is 103 Å². The summed E-state index contributed by atoms with van der Waals surface area (Å²) in [5.41, 5.74) is 0. The zero-order chi connectivity index (χ0) is 48.2. The van der Waals surface area contributed by atoms with Gasteiger partial charge in [0, 0.05) is 25.7 Å². The molecular weight excluding hydrogens is 829 g/mol. The van der Waals surface area contributed by atoms with Crippen LogP contribution >= 0.6 is 0 Å². The predicted molar refractivity (Wildman–Crippen MR) is 273 cm³/mol. The van der Waals surface area contributed by atoms with Crippen molar-refractivity contribution in [3.05, 3.63) is 72.9 Å². The van der Waals surface area contributed by atoms with Gasteiger partial charge in [-0.1, -0.05) is 177 Å². The predicted octanol–water partition coefficient (Wildman–Crippen LogP) is 15.2. The number of ether oxygens (including phenoxy) is 4. The second-order valence-electron chi connectivity index (χ2n) is 17.5. The summed E-state index contributed by atoms with van der Waals surface area (Å²) in [7, 11) is 0. The number of aliphatic hydroxyl groups is 1. The Morgan fingerprint density at radius 2 is 0.697 bits per heavy atom. The van der Waals surface area contributed by atoms with E-state index in [2.05, 4.69) is 86.8 Å². The average molecular weight is 925 g/mol. The number of carbonyl (C=O) groups is 4. The summed E-state index contributed by atoms with van der Waals surface area (Å²) < 4.78 is 21.2. The molecule has 0 aromatic carbocycles. The Hall–Kier alpha value is -3.72. The maximum atomic E-state index is 12.3. The lowest BCUT2D eigenvalue weighted by Gasteiger charge is -2.16. The summed E-state index contributed by atoms with van der Waals surface area (Å²) in [5.74, 6) is -1.03. The summed E-state index contributed by atoms with van der Waals surface area (Å²) >= 11 is 0. The van der Waals surface area contributed by atoms with Gasteiger partial charge in [0.2, 0.25) is 0 Å². The lowest BCUT2D eigenvalue weighted by Crippen LogP contribution is -2.25. The third-order valence-electron chi connectivity index (χ3n) is 11.1. The van der Waals surface area contributed by atoms with E-state index in [1.807, 2.05) is 6.92 Å². The van der Waals surface area contributed by atoms with Crippen LogP contribution in [0.3, 0.4) is 0 Å². The minimum Gasteiger partial charge on any atom is -0.463 e. The van der Waals surface area contributed by atoms with E-state index in [0.717, 1.165) is 161 Å². The molecule has 0 aliphatic carbocycles. The molecule has 1 N–H and O–H groups in total. The van der Waals surface area contributed by atoms with Gasteiger partial charge in [-0.25, -0.2) is 0 Å². The van der Waals surface area contributed by atoms with Gasteiger partial charge in [0.15, 0.2) is 0 Å². The minimum absolute atomic E-state index is 0.140. The SMILES string of the molecule is CC/C=C\C/C=C\C/C=C\CCCCCCCC(=O)OC(CC)COC(=O)CCCCCCC/C=C\CC=CC/C=C\CCCCCCCC(=O)OCC(O)COC(=O)CCCCCCC. The molecule has 0 fully saturated rings. The van der Waals surface area contributed by atoms with Crippen molar-refractivity contribution < 1.29 is 43.2 Å². The molecule has 0 aliphatic heterocycles. The summed E-state index contributed by atoms with van der Waals surface area (Å²) in [6, 6.07) is 0. The molecule has 0 aromatic heterocycles. The van der Waals surface area contributed by atoms with E-state index in [-0.39, 0.29) is 49.8 Å². The second-order valence-corrected chi connectivity index (χ2v) is 17.5. The maximum absolute atomic E-state index is 12.3. The van der Waals surface area contributed by atoms with Crippen molar-refractivity contribution in [3.8, 4) is 0 Å². The van der Waals surface area contributed by atoms with Crippen LogP contribution in [0, 0.1) is 0 Å². The van der Waals surface area contributed by atoms with Crippen molar-refractivity contribution in [1.82, 2.24) is 0 Å². The van der Waals surface area contributed by atoms with Gasteiger partial charge in [0.25, 0.3) is 0 Å². The topological polar surface area (TPSA) is 125 Å². The zero-order valence-corrected chi connectivity index (χ0v) is 42.3. The number of rotatable bonds is 47. The number of hydrogen-bond acceptors (Lipinski definition) is 9. The van der Waals surface area contributed by atoms with Crippen LogP contribution in [0.1, 0.15) is 233 Å². The van der Waals surface area contributed by atoms with Gasteiger partial charge in [-0.2, -0.15) is 0 Å². The fourth-order valence-corrected chi connectivity index (χ4v) is 6.97. The van der Waals surface area contributed by atoms with Crippen LogP contribution in [-0.4, -0.2) is 61.0 Å². The fourth-order valence-electron chi connectivity index (χ4n) is 6.97. The molecule has 9 nitrogen and oxygen atoms in total. The van der Waals surface area contributed by atoms with E-state index in [9.17, 15) is 24.3 Å². The number of esters is 4. The summed E-state index contributed by atoms with van der Waals surface area (Å²) in [5, 5.41) is 9.94. The van der Waals surface area contributed by atoms with Crippen LogP contribution in [0.25, 0.3) is 0 Å². The van der Waals surface area contributed by atoms with Gasteiger partial charge in [0.1, 0.15) is 32.0 Å². The number of aliphatic hydroxyl groups excluding tert-OH is 1. The Balaban J connectivity index is 3.63. The van der Waals surface area contributed by atoms with Gasteiger partial charge in [0.05, 0.1) is 0 Å². The molecule has 66 heavy (non-hydrogen) atoms. The lowest BCUT2D eigenvalue weighted by atomic mass is 10.1. The first-order valence-corrected chi connectivity index (χ1v) is 26.6. The highest BCUT2D eigenvalue weighted by atomic mass is 16.6. The molecule has 0 aliphatic rings. The zero-order valence-electron chi connectivity index (χ0n) is 42.3. The molecule has 0 heterocycles. The summed E-state index contributed by atoms with van der Waals surface area (Å²) in [6.45, 7) is 6.11. The fraction of sp³-hybridized carbons (Fsp3) is 0.719. The second kappa shape index (κ2) is 50.7. The molecule has 9 heteroatoms. The van der Waals surface area contributed by atoms with E-state index in [0.29, 0.717) is 32.1 Å². The number of allylic oxidation sites excluding steroid dienone is 12. The Morgan fingerprint density at radius 3 is 1.08 bits per heavy atom. The van der Waals surface area contributed by atoms with Crippen LogP contribution in [-0.2, 0) is 38.1 Å². The van der Waals surface area contributed by atoms with Crippen molar-refractivity contribution in [2.24, 2.45) is 0 Å². The molecular formula is C57H96O9. The average Bonchev–Trinajstić information content (AvgIpc) is 3.31. The highest BCUT2D eigenvalue weighted by molar-refractivity contribution is 5.70. The molecule has 0 saturated heterocycles. The van der Waals surface area contributed by atoms with E-state index in [1.54, 1.807) is 0 Å². The first-order valence-electron chi connectivity index (χ1n) is 26.6. The van der Waals surface area contributed by atoms with Gasteiger partial charge < -0.3 is 24.1 Å². The molecule has 2 atom stereocenters. The highest BCUT2D eigenvalue weighted by Crippen LogP contribution is 2.13. The largest absolute Gasteiger partial charge is 0.463 e. The van der Waals surface area contributed by atoms with Crippen LogP contribution in [0.4, 0.5) is 0 Å². The molecule has 378 valence electrons. The van der Waals surface area contributed by atoms with E-state index >= 15 is 0 Å². The van der Waals surface area contributed by atoms with Crippen LogP contribution < -0.4 is 0 Å². The molecule has 0 radical (unpaired) electrons. The number of carbonyl (C=O) groups excluding carboxylic acids is 4. The Morgan fingerprint density at radius 1 is 0.379 bits per heavy atom. The highest BCUT2D eigenvalue weighted by Gasteiger charge is 2.15. The van der Waals surface area contributed by atoms with Gasteiger partial charge in [-0.3, -0.25) is 19.2 Å². The van der Waals surface area contributed by atoms with Crippen molar-refractivity contribution in [3.63, 3.8) is 0 Å². The summed E-state index contributed by atoms with van der Waals surface area (Å²) in [6.07, 6.45) is 56.8. The molecule has 0 spiro atoms. The molecule has 0 rings (SSSR count). The number of hydrogen-bond donors (Lipinski definition) is 1. The van der Waals surface area contributed by atoms with Crippen molar-refractivity contribution >= 4 is 23.9 Å².